The van der Waals surface area contributed by atoms with Crippen LogP contribution in [0.2, 0.25) is 0 Å². The second kappa shape index (κ2) is 6.65. The number of pyridine rings is 1. The molecule has 58 valence electrons. The summed E-state index contributed by atoms with van der Waals surface area (Å²) in [5, 5.41) is 2.96. The van der Waals surface area contributed by atoms with Gasteiger partial charge in [-0.2, -0.15) is 0 Å². The number of rotatable bonds is 1. The van der Waals surface area contributed by atoms with Gasteiger partial charge in [0.25, 0.3) is 0 Å². The highest BCUT2D eigenvalue weighted by atomic mass is 35.5. The van der Waals surface area contributed by atoms with Crippen LogP contribution in [0.4, 0.5) is 5.69 Å². The third kappa shape index (κ3) is 3.54. The number of anilines is 1. The average Bonchev–Trinajstić information content (AvgIpc) is 1.90. The van der Waals surface area contributed by atoms with E-state index in [1.807, 2.05) is 19.2 Å². The van der Waals surface area contributed by atoms with Crippen molar-refractivity contribution in [3.05, 3.63) is 24.5 Å². The molecular formula is C6H10Cl2N2. The van der Waals surface area contributed by atoms with Gasteiger partial charge in [-0.15, -0.1) is 24.8 Å². The van der Waals surface area contributed by atoms with Gasteiger partial charge >= 0.3 is 0 Å². The zero-order valence-corrected chi connectivity index (χ0v) is 7.21. The van der Waals surface area contributed by atoms with Crippen molar-refractivity contribution in [1.29, 1.82) is 0 Å². The number of hydrogen-bond acceptors (Lipinski definition) is 2. The lowest BCUT2D eigenvalue weighted by atomic mass is 10.4. The first-order valence-corrected chi connectivity index (χ1v) is 2.51. The molecule has 10 heavy (non-hydrogen) atoms. The molecule has 1 N–H and O–H groups in total. The summed E-state index contributed by atoms with van der Waals surface area (Å²) in [6, 6.07) is 3.86. The number of hydrogen-bond donors (Lipinski definition) is 1. The molecule has 0 aromatic carbocycles. The first kappa shape index (κ1) is 12.2. The molecule has 1 rings (SSSR count). The van der Waals surface area contributed by atoms with Crippen molar-refractivity contribution in [2.45, 2.75) is 0 Å². The fraction of sp³-hybridized carbons (Fsp3) is 0.167. The zero-order valence-electron chi connectivity index (χ0n) is 5.57. The van der Waals surface area contributed by atoms with Gasteiger partial charge in [-0.1, -0.05) is 0 Å². The van der Waals surface area contributed by atoms with Crippen LogP contribution >= 0.6 is 24.8 Å². The molecule has 0 spiro atoms. The smallest absolute Gasteiger partial charge is 0.0524 e. The molecule has 1 aromatic rings. The van der Waals surface area contributed by atoms with E-state index in [0.717, 1.165) is 5.69 Å². The first-order valence-electron chi connectivity index (χ1n) is 2.51. The molecule has 0 amide bonds. The van der Waals surface area contributed by atoms with E-state index in [1.165, 1.54) is 0 Å². The van der Waals surface area contributed by atoms with Crippen molar-refractivity contribution in [3.8, 4) is 0 Å². The summed E-state index contributed by atoms with van der Waals surface area (Å²) in [4.78, 5) is 3.89. The maximum atomic E-state index is 3.89. The normalized spacial score (nSPS) is 6.90. The van der Waals surface area contributed by atoms with E-state index in [0.29, 0.717) is 0 Å². The molecule has 0 unspecified atom stereocenters. The highest BCUT2D eigenvalue weighted by Gasteiger charge is 1.79. The minimum atomic E-state index is 0. The molecule has 0 aliphatic carbocycles. The summed E-state index contributed by atoms with van der Waals surface area (Å²) >= 11 is 0. The number of nitrogens with zero attached hydrogens (tertiary/aromatic N) is 1. The van der Waals surface area contributed by atoms with Crippen LogP contribution in [-0.2, 0) is 0 Å². The number of aromatic nitrogens is 1. The van der Waals surface area contributed by atoms with Crippen molar-refractivity contribution < 1.29 is 0 Å². The van der Waals surface area contributed by atoms with Crippen molar-refractivity contribution in [2.75, 3.05) is 12.4 Å². The van der Waals surface area contributed by atoms with Gasteiger partial charge in [-0.05, 0) is 12.1 Å². The highest BCUT2D eigenvalue weighted by molar-refractivity contribution is 5.85. The highest BCUT2D eigenvalue weighted by Crippen LogP contribution is 1.98. The van der Waals surface area contributed by atoms with Gasteiger partial charge in [-0.3, -0.25) is 4.98 Å². The van der Waals surface area contributed by atoms with Crippen LogP contribution < -0.4 is 5.32 Å². The summed E-state index contributed by atoms with van der Waals surface area (Å²) < 4.78 is 0. The molecule has 0 saturated heterocycles. The van der Waals surface area contributed by atoms with E-state index in [9.17, 15) is 0 Å². The van der Waals surface area contributed by atoms with Crippen LogP contribution in [0.1, 0.15) is 0 Å². The Kier molecular flexibility index (Phi) is 8.13. The van der Waals surface area contributed by atoms with Crippen LogP contribution in [0.25, 0.3) is 0 Å². The van der Waals surface area contributed by atoms with E-state index in [-0.39, 0.29) is 24.8 Å². The Balaban J connectivity index is 0. The lowest BCUT2D eigenvalue weighted by Crippen LogP contribution is -1.86. The van der Waals surface area contributed by atoms with E-state index >= 15 is 0 Å². The summed E-state index contributed by atoms with van der Waals surface area (Å²) in [5.74, 6) is 0. The van der Waals surface area contributed by atoms with Gasteiger partial charge in [0.15, 0.2) is 0 Å². The fourth-order valence-corrected chi connectivity index (χ4v) is 0.511. The Morgan fingerprint density at radius 3 is 2.40 bits per heavy atom. The summed E-state index contributed by atoms with van der Waals surface area (Å²) in [7, 11) is 1.87. The third-order valence-corrected chi connectivity index (χ3v) is 0.950. The Morgan fingerprint density at radius 2 is 2.10 bits per heavy atom. The van der Waals surface area contributed by atoms with Crippen LogP contribution in [0, 0.1) is 0 Å². The molecule has 1 heterocycles. The molecule has 2 nitrogen and oxygen atoms in total. The van der Waals surface area contributed by atoms with Gasteiger partial charge in [0.05, 0.1) is 5.69 Å². The zero-order chi connectivity index (χ0) is 5.82. The minimum Gasteiger partial charge on any atom is -0.387 e. The second-order valence-corrected chi connectivity index (χ2v) is 1.49. The fourth-order valence-electron chi connectivity index (χ4n) is 0.511. The predicted octanol–water partition coefficient (Wildman–Crippen LogP) is 1.97. The number of halogens is 2. The van der Waals surface area contributed by atoms with Gasteiger partial charge in [-0.25, -0.2) is 0 Å². The molecule has 0 aliphatic rings. The molecule has 1 aromatic heterocycles. The lowest BCUT2D eigenvalue weighted by molar-refractivity contribution is 1.31. The quantitative estimate of drug-likeness (QED) is 0.716. The molecule has 0 bridgehead atoms. The molecule has 0 aliphatic heterocycles. The molecule has 0 atom stereocenters. The van der Waals surface area contributed by atoms with E-state index < -0.39 is 0 Å². The van der Waals surface area contributed by atoms with Crippen LogP contribution in [0.3, 0.4) is 0 Å². The lowest BCUT2D eigenvalue weighted by Gasteiger charge is -1.93. The molecule has 0 saturated carbocycles. The van der Waals surface area contributed by atoms with E-state index in [1.54, 1.807) is 12.4 Å². The predicted molar refractivity (Wildman–Crippen MR) is 48.3 cm³/mol. The van der Waals surface area contributed by atoms with E-state index in [4.69, 9.17) is 0 Å². The topological polar surface area (TPSA) is 24.9 Å². The number of nitrogens with one attached hydrogen (secondary N) is 1. The SMILES string of the molecule is CNc1cccnc1.Cl.Cl. The summed E-state index contributed by atoms with van der Waals surface area (Å²) in [6.07, 6.45) is 3.53. The Labute approximate surface area is 72.9 Å². The van der Waals surface area contributed by atoms with Gasteiger partial charge < -0.3 is 5.32 Å². The maximum Gasteiger partial charge on any atom is 0.0524 e. The van der Waals surface area contributed by atoms with Crippen molar-refractivity contribution in [3.63, 3.8) is 0 Å². The van der Waals surface area contributed by atoms with Gasteiger partial charge in [0, 0.05) is 19.4 Å². The van der Waals surface area contributed by atoms with Crippen molar-refractivity contribution in [1.82, 2.24) is 4.98 Å². The average molecular weight is 181 g/mol. The first-order chi connectivity index (χ1) is 3.93. The van der Waals surface area contributed by atoms with Gasteiger partial charge in [0.1, 0.15) is 0 Å². The Hall–Kier alpha value is -0.470. The van der Waals surface area contributed by atoms with Crippen LogP contribution in [0.15, 0.2) is 24.5 Å². The Morgan fingerprint density at radius 1 is 1.40 bits per heavy atom. The van der Waals surface area contributed by atoms with Crippen molar-refractivity contribution >= 4 is 30.5 Å². The van der Waals surface area contributed by atoms with Crippen LogP contribution in [-0.4, -0.2) is 12.0 Å². The van der Waals surface area contributed by atoms with E-state index in [2.05, 4.69) is 10.3 Å². The summed E-state index contributed by atoms with van der Waals surface area (Å²) in [5.41, 5.74) is 1.05. The molecule has 0 fully saturated rings. The monoisotopic (exact) mass is 180 g/mol. The van der Waals surface area contributed by atoms with Crippen LogP contribution in [0.5, 0.6) is 0 Å². The third-order valence-electron chi connectivity index (χ3n) is 0.950. The van der Waals surface area contributed by atoms with Gasteiger partial charge in [0.2, 0.25) is 0 Å². The summed E-state index contributed by atoms with van der Waals surface area (Å²) in [6.45, 7) is 0. The van der Waals surface area contributed by atoms with Crippen molar-refractivity contribution in [2.24, 2.45) is 0 Å². The minimum absolute atomic E-state index is 0. The second-order valence-electron chi connectivity index (χ2n) is 1.49. The molecular weight excluding hydrogens is 171 g/mol. The Bertz CT molecular complexity index is 155. The standard InChI is InChI=1S/C6H8N2.2ClH/c1-7-6-3-2-4-8-5-6;;/h2-5,7H,1H3;2*1H. The molecule has 4 heteroatoms. The largest absolute Gasteiger partial charge is 0.387 e. The maximum absolute atomic E-state index is 3.89. The molecule has 0 radical (unpaired) electrons.